The van der Waals surface area contributed by atoms with Crippen LogP contribution in [0.2, 0.25) is 0 Å². The molecule has 6 nitrogen and oxygen atoms in total. The van der Waals surface area contributed by atoms with Crippen LogP contribution in [0.25, 0.3) is 0 Å². The minimum absolute atomic E-state index is 0.182. The van der Waals surface area contributed by atoms with Crippen molar-refractivity contribution in [1.29, 1.82) is 0 Å². The molecule has 0 unspecified atom stereocenters. The molecule has 0 aliphatic rings. The number of nitrogens with two attached hydrogens (primary N) is 1. The molecule has 0 bridgehead atoms. The Hall–Kier alpha value is -2.60. The Bertz CT molecular complexity index is 608. The number of carbonyl (C=O) groups excluding carboxylic acids is 2. The standard InChI is InChI=1S/C15H17N3O3/c16-8-11-3-1-4-12(7-11)9-17-14(19)15(20)18-10-13-5-2-6-21-13/h1-7H,8-10,16H2,(H,17,19)(H,18,20). The zero-order chi connectivity index (χ0) is 15.1. The fourth-order valence-corrected chi connectivity index (χ4v) is 1.79. The maximum absolute atomic E-state index is 11.7. The fourth-order valence-electron chi connectivity index (χ4n) is 1.79. The third kappa shape index (κ3) is 4.47. The molecule has 0 atom stereocenters. The average molecular weight is 287 g/mol. The summed E-state index contributed by atoms with van der Waals surface area (Å²) in [7, 11) is 0. The van der Waals surface area contributed by atoms with Crippen molar-refractivity contribution in [1.82, 2.24) is 10.6 Å². The van der Waals surface area contributed by atoms with Crippen LogP contribution in [0.15, 0.2) is 47.1 Å². The molecule has 6 heteroatoms. The van der Waals surface area contributed by atoms with Gasteiger partial charge in [-0.2, -0.15) is 0 Å². The number of amides is 2. The van der Waals surface area contributed by atoms with E-state index < -0.39 is 11.8 Å². The van der Waals surface area contributed by atoms with Crippen LogP contribution in [0.3, 0.4) is 0 Å². The third-order valence-electron chi connectivity index (χ3n) is 2.89. The van der Waals surface area contributed by atoms with E-state index in [1.54, 1.807) is 12.1 Å². The first kappa shape index (κ1) is 14.8. The number of hydrogen-bond donors (Lipinski definition) is 3. The first-order chi connectivity index (χ1) is 10.2. The summed E-state index contributed by atoms with van der Waals surface area (Å²) in [6.45, 7) is 0.897. The first-order valence-corrected chi connectivity index (χ1v) is 6.55. The smallest absolute Gasteiger partial charge is 0.309 e. The van der Waals surface area contributed by atoms with Crippen molar-refractivity contribution in [2.45, 2.75) is 19.6 Å². The van der Waals surface area contributed by atoms with E-state index in [9.17, 15) is 9.59 Å². The van der Waals surface area contributed by atoms with E-state index in [1.165, 1.54) is 6.26 Å². The van der Waals surface area contributed by atoms with E-state index in [0.717, 1.165) is 11.1 Å². The zero-order valence-corrected chi connectivity index (χ0v) is 11.5. The van der Waals surface area contributed by atoms with Gasteiger partial charge >= 0.3 is 11.8 Å². The molecule has 0 saturated carbocycles. The summed E-state index contributed by atoms with van der Waals surface area (Å²) in [5, 5.41) is 5.04. The highest BCUT2D eigenvalue weighted by molar-refractivity contribution is 6.35. The SMILES string of the molecule is NCc1cccc(CNC(=O)C(=O)NCc2ccco2)c1. The van der Waals surface area contributed by atoms with Crippen LogP contribution >= 0.6 is 0 Å². The van der Waals surface area contributed by atoms with Gasteiger partial charge in [-0.3, -0.25) is 9.59 Å². The van der Waals surface area contributed by atoms with Gasteiger partial charge in [0.25, 0.3) is 0 Å². The van der Waals surface area contributed by atoms with Gasteiger partial charge in [-0.25, -0.2) is 0 Å². The maximum Gasteiger partial charge on any atom is 0.309 e. The molecule has 4 N–H and O–H groups in total. The highest BCUT2D eigenvalue weighted by Crippen LogP contribution is 2.04. The molecule has 0 aliphatic carbocycles. The van der Waals surface area contributed by atoms with E-state index in [2.05, 4.69) is 10.6 Å². The van der Waals surface area contributed by atoms with Crippen molar-refractivity contribution >= 4 is 11.8 Å². The molecule has 0 aliphatic heterocycles. The Balaban J connectivity index is 1.79. The lowest BCUT2D eigenvalue weighted by Gasteiger charge is -2.07. The third-order valence-corrected chi connectivity index (χ3v) is 2.89. The van der Waals surface area contributed by atoms with Crippen LogP contribution in [0, 0.1) is 0 Å². The molecule has 0 radical (unpaired) electrons. The molecule has 0 fully saturated rings. The van der Waals surface area contributed by atoms with Crippen molar-refractivity contribution in [2.75, 3.05) is 0 Å². The summed E-state index contributed by atoms with van der Waals surface area (Å²) in [5.74, 6) is -0.784. The average Bonchev–Trinajstić information content (AvgIpc) is 3.03. The Morgan fingerprint density at radius 3 is 2.38 bits per heavy atom. The lowest BCUT2D eigenvalue weighted by Crippen LogP contribution is -2.39. The molecule has 2 amide bonds. The molecule has 21 heavy (non-hydrogen) atoms. The van der Waals surface area contributed by atoms with Crippen LogP contribution in [-0.4, -0.2) is 11.8 Å². The minimum atomic E-state index is -0.693. The largest absolute Gasteiger partial charge is 0.467 e. The summed E-state index contributed by atoms with van der Waals surface area (Å²) in [6, 6.07) is 11.0. The van der Waals surface area contributed by atoms with E-state index in [0.29, 0.717) is 12.3 Å². The Morgan fingerprint density at radius 2 is 1.71 bits per heavy atom. The van der Waals surface area contributed by atoms with Crippen LogP contribution < -0.4 is 16.4 Å². The summed E-state index contributed by atoms with van der Waals surface area (Å²) in [6.07, 6.45) is 1.51. The van der Waals surface area contributed by atoms with Crippen molar-refractivity contribution < 1.29 is 14.0 Å². The molecular formula is C15H17N3O3. The lowest BCUT2D eigenvalue weighted by atomic mass is 10.1. The summed E-state index contributed by atoms with van der Waals surface area (Å²) in [5.41, 5.74) is 7.42. The molecule has 1 heterocycles. The van der Waals surface area contributed by atoms with Gasteiger partial charge in [-0.1, -0.05) is 24.3 Å². The second-order valence-electron chi connectivity index (χ2n) is 4.47. The second-order valence-corrected chi connectivity index (χ2v) is 4.47. The van der Waals surface area contributed by atoms with Crippen LogP contribution in [0.1, 0.15) is 16.9 Å². The predicted molar refractivity (Wildman–Crippen MR) is 76.7 cm³/mol. The van der Waals surface area contributed by atoms with Gasteiger partial charge in [0.1, 0.15) is 5.76 Å². The number of rotatable bonds is 5. The number of nitrogens with one attached hydrogen (secondary N) is 2. The first-order valence-electron chi connectivity index (χ1n) is 6.55. The van der Waals surface area contributed by atoms with Gasteiger partial charge < -0.3 is 20.8 Å². The second kappa shape index (κ2) is 7.25. The van der Waals surface area contributed by atoms with E-state index >= 15 is 0 Å². The predicted octanol–water partition coefficient (Wildman–Crippen LogP) is 0.671. The van der Waals surface area contributed by atoms with Gasteiger partial charge in [0.2, 0.25) is 0 Å². The zero-order valence-electron chi connectivity index (χ0n) is 11.5. The van der Waals surface area contributed by atoms with Crippen molar-refractivity contribution in [3.8, 4) is 0 Å². The highest BCUT2D eigenvalue weighted by atomic mass is 16.3. The quantitative estimate of drug-likeness (QED) is 0.704. The lowest BCUT2D eigenvalue weighted by molar-refractivity contribution is -0.139. The Morgan fingerprint density at radius 1 is 1.00 bits per heavy atom. The molecule has 2 aromatic rings. The number of benzene rings is 1. The van der Waals surface area contributed by atoms with Gasteiger partial charge in [0.05, 0.1) is 12.8 Å². The minimum Gasteiger partial charge on any atom is -0.467 e. The molecule has 0 spiro atoms. The van der Waals surface area contributed by atoms with Gasteiger partial charge in [0, 0.05) is 13.1 Å². The Kier molecular flexibility index (Phi) is 5.11. The van der Waals surface area contributed by atoms with Crippen molar-refractivity contribution in [2.24, 2.45) is 5.73 Å². The van der Waals surface area contributed by atoms with E-state index in [-0.39, 0.29) is 13.1 Å². The topological polar surface area (TPSA) is 97.4 Å². The van der Waals surface area contributed by atoms with E-state index in [1.807, 2.05) is 24.3 Å². The van der Waals surface area contributed by atoms with Crippen LogP contribution in [0.4, 0.5) is 0 Å². The fraction of sp³-hybridized carbons (Fsp3) is 0.200. The highest BCUT2D eigenvalue weighted by Gasteiger charge is 2.13. The molecule has 1 aromatic heterocycles. The van der Waals surface area contributed by atoms with Crippen LogP contribution in [0.5, 0.6) is 0 Å². The molecule has 2 rings (SSSR count). The Labute approximate surface area is 122 Å². The van der Waals surface area contributed by atoms with Crippen molar-refractivity contribution in [3.05, 3.63) is 59.5 Å². The van der Waals surface area contributed by atoms with E-state index in [4.69, 9.17) is 10.2 Å². The monoisotopic (exact) mass is 287 g/mol. The summed E-state index contributed by atoms with van der Waals surface area (Å²) < 4.78 is 5.06. The number of carbonyl (C=O) groups is 2. The molecule has 1 aromatic carbocycles. The van der Waals surface area contributed by atoms with Crippen LogP contribution in [-0.2, 0) is 29.2 Å². The molecule has 0 saturated heterocycles. The van der Waals surface area contributed by atoms with Gasteiger partial charge in [0.15, 0.2) is 0 Å². The summed E-state index contributed by atoms with van der Waals surface area (Å²) >= 11 is 0. The van der Waals surface area contributed by atoms with Crippen molar-refractivity contribution in [3.63, 3.8) is 0 Å². The molecule has 110 valence electrons. The maximum atomic E-state index is 11.7. The normalized spacial score (nSPS) is 10.1. The van der Waals surface area contributed by atoms with Gasteiger partial charge in [-0.05, 0) is 23.3 Å². The number of furan rings is 1. The van der Waals surface area contributed by atoms with Gasteiger partial charge in [-0.15, -0.1) is 0 Å². The summed E-state index contributed by atoms with van der Waals surface area (Å²) in [4.78, 5) is 23.2. The molecular weight excluding hydrogens is 270 g/mol. The number of hydrogen-bond acceptors (Lipinski definition) is 4.